The Balaban J connectivity index is 2.72. The first kappa shape index (κ1) is 13.3. The van der Waals surface area contributed by atoms with Crippen LogP contribution in [0.3, 0.4) is 0 Å². The number of amides is 1. The summed E-state index contributed by atoms with van der Waals surface area (Å²) in [6, 6.07) is 5.30. The second-order valence-electron chi connectivity index (χ2n) is 4.07. The minimum Gasteiger partial charge on any atom is -0.397 e. The third kappa shape index (κ3) is 3.64. The summed E-state index contributed by atoms with van der Waals surface area (Å²) >= 11 is 0. The van der Waals surface area contributed by atoms with Gasteiger partial charge in [0.25, 0.3) is 5.91 Å². The van der Waals surface area contributed by atoms with Crippen molar-refractivity contribution in [3.63, 3.8) is 0 Å². The van der Waals surface area contributed by atoms with Crippen LogP contribution in [0.4, 0.5) is 11.4 Å². The van der Waals surface area contributed by atoms with Crippen LogP contribution in [0.2, 0.25) is 0 Å². The van der Waals surface area contributed by atoms with E-state index in [1.54, 1.807) is 12.1 Å². The van der Waals surface area contributed by atoms with E-state index >= 15 is 0 Å². The van der Waals surface area contributed by atoms with Gasteiger partial charge in [-0.25, -0.2) is 0 Å². The molecule has 0 aliphatic carbocycles. The Kier molecular flexibility index (Phi) is 4.78. The fourth-order valence-corrected chi connectivity index (χ4v) is 1.51. The molecule has 0 aliphatic heterocycles. The summed E-state index contributed by atoms with van der Waals surface area (Å²) in [4.78, 5) is 13.6. The van der Waals surface area contributed by atoms with Crippen LogP contribution in [-0.4, -0.2) is 33.1 Å². The van der Waals surface area contributed by atoms with Crippen molar-refractivity contribution in [1.29, 1.82) is 0 Å². The van der Waals surface area contributed by atoms with E-state index in [2.05, 4.69) is 5.32 Å². The van der Waals surface area contributed by atoms with Crippen molar-refractivity contribution in [1.82, 2.24) is 5.32 Å². The number of rotatable bonds is 5. The molecule has 0 atom stereocenters. The summed E-state index contributed by atoms with van der Waals surface area (Å²) in [6.07, 6.45) is 0.775. The van der Waals surface area contributed by atoms with Gasteiger partial charge in [0.15, 0.2) is 0 Å². The lowest BCUT2D eigenvalue weighted by atomic mass is 10.1. The molecule has 0 radical (unpaired) electrons. The van der Waals surface area contributed by atoms with E-state index in [0.29, 0.717) is 24.3 Å². The molecule has 0 fully saturated rings. The second kappa shape index (κ2) is 6.10. The zero-order valence-electron chi connectivity index (χ0n) is 10.4. The fourth-order valence-electron chi connectivity index (χ4n) is 1.51. The molecule has 5 N–H and O–H groups in total. The van der Waals surface area contributed by atoms with E-state index in [4.69, 9.17) is 11.5 Å². The lowest BCUT2D eigenvalue weighted by Crippen LogP contribution is -2.26. The van der Waals surface area contributed by atoms with Gasteiger partial charge in [0.05, 0.1) is 11.4 Å². The second-order valence-corrected chi connectivity index (χ2v) is 4.07. The predicted molar refractivity (Wildman–Crippen MR) is 71.2 cm³/mol. The van der Waals surface area contributed by atoms with Crippen LogP contribution in [-0.2, 0) is 0 Å². The van der Waals surface area contributed by atoms with Gasteiger partial charge in [-0.1, -0.05) is 0 Å². The quantitative estimate of drug-likeness (QED) is 0.511. The standard InChI is InChI=1S/C12H20N4O/c1-16(2)11-5-4-9(8-10(11)14)12(17)15-7-3-6-13/h4-5,8H,3,6-7,13-14H2,1-2H3,(H,15,17). The van der Waals surface area contributed by atoms with Crippen molar-refractivity contribution >= 4 is 17.3 Å². The molecule has 0 unspecified atom stereocenters. The highest BCUT2D eigenvalue weighted by Gasteiger charge is 2.08. The number of hydrogen-bond acceptors (Lipinski definition) is 4. The molecule has 0 heterocycles. The predicted octanol–water partition coefficient (Wildman–Crippen LogP) is 0.413. The van der Waals surface area contributed by atoms with Crippen LogP contribution < -0.4 is 21.7 Å². The normalized spacial score (nSPS) is 10.1. The summed E-state index contributed by atoms with van der Waals surface area (Å²) in [7, 11) is 3.82. The average molecular weight is 236 g/mol. The number of nitrogens with zero attached hydrogens (tertiary/aromatic N) is 1. The van der Waals surface area contributed by atoms with E-state index in [1.807, 2.05) is 25.1 Å². The highest BCUT2D eigenvalue weighted by molar-refractivity contribution is 5.96. The molecule has 1 rings (SSSR count). The number of nitrogen functional groups attached to an aromatic ring is 1. The Morgan fingerprint density at radius 2 is 2.12 bits per heavy atom. The molecule has 1 aromatic carbocycles. The maximum atomic E-state index is 11.7. The molecule has 5 nitrogen and oxygen atoms in total. The number of carbonyl (C=O) groups is 1. The third-order valence-electron chi connectivity index (χ3n) is 2.44. The van der Waals surface area contributed by atoms with E-state index in [-0.39, 0.29) is 5.91 Å². The molecule has 0 aromatic heterocycles. The van der Waals surface area contributed by atoms with Crippen LogP contribution in [0.15, 0.2) is 18.2 Å². The molecule has 0 aliphatic rings. The van der Waals surface area contributed by atoms with Crippen molar-refractivity contribution < 1.29 is 4.79 Å². The number of nitrogens with one attached hydrogen (secondary N) is 1. The first-order chi connectivity index (χ1) is 8.06. The smallest absolute Gasteiger partial charge is 0.251 e. The van der Waals surface area contributed by atoms with Crippen LogP contribution in [0.25, 0.3) is 0 Å². The minimum atomic E-state index is -0.115. The van der Waals surface area contributed by atoms with Crippen molar-refractivity contribution in [2.45, 2.75) is 6.42 Å². The summed E-state index contributed by atoms with van der Waals surface area (Å²) < 4.78 is 0. The molecule has 1 amide bonds. The van der Waals surface area contributed by atoms with E-state index in [9.17, 15) is 4.79 Å². The topological polar surface area (TPSA) is 84.4 Å². The summed E-state index contributed by atoms with van der Waals surface area (Å²) in [5, 5.41) is 2.79. The molecule has 0 saturated heterocycles. The minimum absolute atomic E-state index is 0.115. The van der Waals surface area contributed by atoms with Crippen LogP contribution in [0, 0.1) is 0 Å². The lowest BCUT2D eigenvalue weighted by Gasteiger charge is -2.15. The van der Waals surface area contributed by atoms with Crippen molar-refractivity contribution in [3.05, 3.63) is 23.8 Å². The molecular weight excluding hydrogens is 216 g/mol. The molecule has 17 heavy (non-hydrogen) atoms. The Morgan fingerprint density at radius 3 is 2.65 bits per heavy atom. The van der Waals surface area contributed by atoms with Gasteiger partial charge in [0.2, 0.25) is 0 Å². The molecule has 5 heteroatoms. The van der Waals surface area contributed by atoms with Crippen molar-refractivity contribution in [3.8, 4) is 0 Å². The van der Waals surface area contributed by atoms with Crippen LogP contribution in [0.5, 0.6) is 0 Å². The lowest BCUT2D eigenvalue weighted by molar-refractivity contribution is 0.0953. The Labute approximate surface area is 102 Å². The summed E-state index contributed by atoms with van der Waals surface area (Å²) in [5.74, 6) is -0.115. The first-order valence-corrected chi connectivity index (χ1v) is 5.61. The van der Waals surface area contributed by atoms with Gasteiger partial charge < -0.3 is 21.7 Å². The van der Waals surface area contributed by atoms with Crippen LogP contribution >= 0.6 is 0 Å². The van der Waals surface area contributed by atoms with Gasteiger partial charge >= 0.3 is 0 Å². The zero-order chi connectivity index (χ0) is 12.8. The number of hydrogen-bond donors (Lipinski definition) is 3. The molecule has 0 saturated carbocycles. The maximum Gasteiger partial charge on any atom is 0.251 e. The SMILES string of the molecule is CN(C)c1ccc(C(=O)NCCCN)cc1N. The highest BCUT2D eigenvalue weighted by atomic mass is 16.1. The Hall–Kier alpha value is -1.75. The highest BCUT2D eigenvalue weighted by Crippen LogP contribution is 2.22. The Morgan fingerprint density at radius 1 is 1.41 bits per heavy atom. The average Bonchev–Trinajstić information content (AvgIpc) is 2.28. The van der Waals surface area contributed by atoms with Gasteiger partial charge in [0, 0.05) is 26.2 Å². The summed E-state index contributed by atoms with van der Waals surface area (Å²) in [5.41, 5.74) is 13.3. The number of nitrogens with two attached hydrogens (primary N) is 2. The number of benzene rings is 1. The largest absolute Gasteiger partial charge is 0.397 e. The zero-order valence-corrected chi connectivity index (χ0v) is 10.4. The monoisotopic (exact) mass is 236 g/mol. The summed E-state index contributed by atoms with van der Waals surface area (Å²) in [6.45, 7) is 1.16. The Bertz CT molecular complexity index is 390. The van der Waals surface area contributed by atoms with Crippen molar-refractivity contribution in [2.24, 2.45) is 5.73 Å². The number of anilines is 2. The van der Waals surface area contributed by atoms with Gasteiger partial charge in [-0.05, 0) is 31.2 Å². The molecule has 0 bridgehead atoms. The van der Waals surface area contributed by atoms with Gasteiger partial charge in [-0.15, -0.1) is 0 Å². The molecular formula is C12H20N4O. The van der Waals surface area contributed by atoms with Gasteiger partial charge in [-0.3, -0.25) is 4.79 Å². The fraction of sp³-hybridized carbons (Fsp3) is 0.417. The first-order valence-electron chi connectivity index (χ1n) is 5.61. The molecule has 0 spiro atoms. The van der Waals surface area contributed by atoms with Gasteiger partial charge in [0.1, 0.15) is 0 Å². The van der Waals surface area contributed by atoms with E-state index in [0.717, 1.165) is 12.1 Å². The van der Waals surface area contributed by atoms with E-state index < -0.39 is 0 Å². The van der Waals surface area contributed by atoms with Crippen LogP contribution in [0.1, 0.15) is 16.8 Å². The van der Waals surface area contributed by atoms with E-state index in [1.165, 1.54) is 0 Å². The maximum absolute atomic E-state index is 11.7. The molecule has 94 valence electrons. The van der Waals surface area contributed by atoms with Crippen molar-refractivity contribution in [2.75, 3.05) is 37.8 Å². The molecule has 1 aromatic rings. The third-order valence-corrected chi connectivity index (χ3v) is 2.44. The van der Waals surface area contributed by atoms with Gasteiger partial charge in [-0.2, -0.15) is 0 Å². The number of carbonyl (C=O) groups excluding carboxylic acids is 1.